The third-order valence-electron chi connectivity index (χ3n) is 3.04. The molecule has 2 nitrogen and oxygen atoms in total. The lowest BCUT2D eigenvalue weighted by molar-refractivity contribution is 0.505. The van der Waals surface area contributed by atoms with Crippen LogP contribution in [0.5, 0.6) is 0 Å². The fraction of sp³-hybridized carbons (Fsp3) is 0.462. The van der Waals surface area contributed by atoms with Gasteiger partial charge in [0.1, 0.15) is 0 Å². The molecular weight excluding hydrogens is 184 g/mol. The van der Waals surface area contributed by atoms with E-state index in [1.54, 1.807) is 0 Å². The van der Waals surface area contributed by atoms with Gasteiger partial charge in [-0.3, -0.25) is 0 Å². The molecule has 0 heterocycles. The highest BCUT2D eigenvalue weighted by molar-refractivity contribution is 5.54. The van der Waals surface area contributed by atoms with E-state index < -0.39 is 0 Å². The zero-order valence-corrected chi connectivity index (χ0v) is 9.89. The van der Waals surface area contributed by atoms with Gasteiger partial charge in [0.05, 0.1) is 11.6 Å². The zero-order chi connectivity index (χ0) is 11.5. The number of nitrogens with one attached hydrogen (secondary N) is 1. The average Bonchev–Trinajstić information content (AvgIpc) is 2.28. The predicted molar refractivity (Wildman–Crippen MR) is 64.0 cm³/mol. The minimum absolute atomic E-state index is 0.0668. The summed E-state index contributed by atoms with van der Waals surface area (Å²) in [5.41, 5.74) is 2.96. The molecule has 0 saturated carbocycles. The third-order valence-corrected chi connectivity index (χ3v) is 3.04. The fourth-order valence-corrected chi connectivity index (χ4v) is 1.57. The normalized spacial score (nSPS) is 10.9. The van der Waals surface area contributed by atoms with E-state index in [1.807, 2.05) is 25.2 Å². The number of benzene rings is 1. The molecule has 1 aromatic carbocycles. The molecule has 1 aromatic rings. The number of hydrogen-bond acceptors (Lipinski definition) is 2. The van der Waals surface area contributed by atoms with Crippen LogP contribution in [0.15, 0.2) is 18.2 Å². The lowest BCUT2D eigenvalue weighted by Crippen LogP contribution is -2.17. The van der Waals surface area contributed by atoms with Gasteiger partial charge in [0.2, 0.25) is 0 Å². The van der Waals surface area contributed by atoms with E-state index >= 15 is 0 Å². The molecular formula is C13H18N2. The highest BCUT2D eigenvalue weighted by Gasteiger charge is 2.21. The van der Waals surface area contributed by atoms with Crippen molar-refractivity contribution in [2.75, 3.05) is 12.4 Å². The number of nitrogens with zero attached hydrogens (tertiary/aromatic N) is 1. The van der Waals surface area contributed by atoms with E-state index in [0.717, 1.165) is 23.2 Å². The summed E-state index contributed by atoms with van der Waals surface area (Å²) in [6.07, 6.45) is 1.03. The Kier molecular flexibility index (Phi) is 3.36. The average molecular weight is 202 g/mol. The van der Waals surface area contributed by atoms with Crippen molar-refractivity contribution in [2.24, 2.45) is 0 Å². The molecule has 1 N–H and O–H groups in total. The Morgan fingerprint density at radius 3 is 2.53 bits per heavy atom. The second kappa shape index (κ2) is 4.35. The van der Waals surface area contributed by atoms with Gasteiger partial charge in [-0.25, -0.2) is 0 Å². The molecule has 0 aliphatic heterocycles. The fourth-order valence-electron chi connectivity index (χ4n) is 1.57. The molecule has 0 fully saturated rings. The van der Waals surface area contributed by atoms with Crippen LogP contribution in [0.3, 0.4) is 0 Å². The second-order valence-corrected chi connectivity index (χ2v) is 4.36. The Labute approximate surface area is 91.9 Å². The predicted octanol–water partition coefficient (Wildman–Crippen LogP) is 3.29. The van der Waals surface area contributed by atoms with Crippen molar-refractivity contribution in [1.29, 1.82) is 5.26 Å². The van der Waals surface area contributed by atoms with Crippen molar-refractivity contribution < 1.29 is 0 Å². The van der Waals surface area contributed by atoms with Gasteiger partial charge in [-0.1, -0.05) is 26.8 Å². The lowest BCUT2D eigenvalue weighted by atomic mass is 9.80. The molecule has 15 heavy (non-hydrogen) atoms. The first-order valence-electron chi connectivity index (χ1n) is 5.27. The first-order chi connectivity index (χ1) is 7.05. The molecule has 0 spiro atoms. The van der Waals surface area contributed by atoms with Gasteiger partial charge in [0, 0.05) is 12.7 Å². The summed E-state index contributed by atoms with van der Waals surface area (Å²) < 4.78 is 0. The summed E-state index contributed by atoms with van der Waals surface area (Å²) in [4.78, 5) is 0. The largest absolute Gasteiger partial charge is 0.388 e. The number of hydrogen-bond donors (Lipinski definition) is 1. The number of anilines is 1. The van der Waals surface area contributed by atoms with E-state index in [0.29, 0.717) is 0 Å². The molecule has 0 bridgehead atoms. The van der Waals surface area contributed by atoms with Gasteiger partial charge >= 0.3 is 0 Å². The Hall–Kier alpha value is -1.49. The maximum atomic E-state index is 9.12. The van der Waals surface area contributed by atoms with E-state index in [9.17, 15) is 0 Å². The number of nitriles is 1. The molecule has 2 heteroatoms. The van der Waals surface area contributed by atoms with Crippen molar-refractivity contribution in [3.05, 3.63) is 29.3 Å². The van der Waals surface area contributed by atoms with Crippen LogP contribution in [0.4, 0.5) is 5.69 Å². The molecule has 0 saturated heterocycles. The molecule has 0 aliphatic carbocycles. The highest BCUT2D eigenvalue weighted by atomic mass is 14.8. The van der Waals surface area contributed by atoms with Crippen LogP contribution in [0, 0.1) is 11.3 Å². The van der Waals surface area contributed by atoms with Crippen LogP contribution in [-0.2, 0) is 5.41 Å². The lowest BCUT2D eigenvalue weighted by Gasteiger charge is -2.24. The van der Waals surface area contributed by atoms with Crippen molar-refractivity contribution in [1.82, 2.24) is 0 Å². The van der Waals surface area contributed by atoms with E-state index in [-0.39, 0.29) is 5.41 Å². The van der Waals surface area contributed by atoms with Crippen LogP contribution in [-0.4, -0.2) is 7.05 Å². The second-order valence-electron chi connectivity index (χ2n) is 4.36. The smallest absolute Gasteiger partial charge is 0.0995 e. The van der Waals surface area contributed by atoms with Gasteiger partial charge in [0.25, 0.3) is 0 Å². The topological polar surface area (TPSA) is 35.8 Å². The quantitative estimate of drug-likeness (QED) is 0.816. The third kappa shape index (κ3) is 2.30. The van der Waals surface area contributed by atoms with E-state index in [1.165, 1.54) is 0 Å². The first kappa shape index (κ1) is 11.6. The van der Waals surface area contributed by atoms with E-state index in [4.69, 9.17) is 5.26 Å². The van der Waals surface area contributed by atoms with Crippen LogP contribution < -0.4 is 5.32 Å². The standard InChI is InChI=1S/C13H18N2/c1-5-13(2,3)12-7-6-11(15-4)8-10(12)9-14/h6-8,15H,5H2,1-4H3. The van der Waals surface area contributed by atoms with E-state index in [2.05, 4.69) is 32.2 Å². The minimum Gasteiger partial charge on any atom is -0.388 e. The van der Waals surface area contributed by atoms with Gasteiger partial charge in [-0.15, -0.1) is 0 Å². The van der Waals surface area contributed by atoms with Crippen molar-refractivity contribution >= 4 is 5.69 Å². The molecule has 0 radical (unpaired) electrons. The highest BCUT2D eigenvalue weighted by Crippen LogP contribution is 2.30. The SMILES string of the molecule is CCC(C)(C)c1ccc(NC)cc1C#N. The summed E-state index contributed by atoms with van der Waals surface area (Å²) in [7, 11) is 1.86. The molecule has 0 atom stereocenters. The van der Waals surface area contributed by atoms with Crippen LogP contribution in [0.2, 0.25) is 0 Å². The summed E-state index contributed by atoms with van der Waals surface area (Å²) >= 11 is 0. The first-order valence-corrected chi connectivity index (χ1v) is 5.27. The molecule has 80 valence electrons. The number of rotatable bonds is 3. The van der Waals surface area contributed by atoms with Gasteiger partial charge in [-0.2, -0.15) is 5.26 Å². The van der Waals surface area contributed by atoms with Crippen molar-refractivity contribution in [2.45, 2.75) is 32.6 Å². The minimum atomic E-state index is 0.0668. The maximum Gasteiger partial charge on any atom is 0.0995 e. The summed E-state index contributed by atoms with van der Waals surface area (Å²) in [6.45, 7) is 6.48. The van der Waals surface area contributed by atoms with Gasteiger partial charge in [0.15, 0.2) is 0 Å². The van der Waals surface area contributed by atoms with Crippen LogP contribution in [0.25, 0.3) is 0 Å². The van der Waals surface area contributed by atoms with Gasteiger partial charge < -0.3 is 5.32 Å². The van der Waals surface area contributed by atoms with Crippen molar-refractivity contribution in [3.63, 3.8) is 0 Å². The molecule has 0 unspecified atom stereocenters. The summed E-state index contributed by atoms with van der Waals surface area (Å²) in [6, 6.07) is 8.25. The molecule has 1 rings (SSSR count). The Bertz CT molecular complexity index is 386. The van der Waals surface area contributed by atoms with Crippen LogP contribution >= 0.6 is 0 Å². The Morgan fingerprint density at radius 2 is 2.07 bits per heavy atom. The summed E-state index contributed by atoms with van der Waals surface area (Å²) in [5.74, 6) is 0. The summed E-state index contributed by atoms with van der Waals surface area (Å²) in [5, 5.41) is 12.2. The monoisotopic (exact) mass is 202 g/mol. The van der Waals surface area contributed by atoms with Crippen LogP contribution in [0.1, 0.15) is 38.3 Å². The molecule has 0 amide bonds. The Morgan fingerprint density at radius 1 is 1.40 bits per heavy atom. The zero-order valence-electron chi connectivity index (χ0n) is 9.89. The van der Waals surface area contributed by atoms with Crippen molar-refractivity contribution in [3.8, 4) is 6.07 Å². The molecule has 0 aliphatic rings. The van der Waals surface area contributed by atoms with Gasteiger partial charge in [-0.05, 0) is 29.5 Å². The Balaban J connectivity index is 3.26. The maximum absolute atomic E-state index is 9.12. The molecule has 0 aromatic heterocycles.